The Morgan fingerprint density at radius 2 is 1.97 bits per heavy atom. The summed E-state index contributed by atoms with van der Waals surface area (Å²) in [5.41, 5.74) is 1.79. The minimum atomic E-state index is -0.928. The molecule has 0 aliphatic carbocycles. The first kappa shape index (κ1) is 20.7. The molecule has 2 aromatic carbocycles. The molecule has 3 N–H and O–H groups in total. The number of nitrogens with zero attached hydrogens (tertiary/aromatic N) is 2. The van der Waals surface area contributed by atoms with E-state index in [1.54, 1.807) is 19.2 Å². The molecule has 3 aromatic rings. The summed E-state index contributed by atoms with van der Waals surface area (Å²) in [5, 5.41) is 13.6. The molecule has 1 aliphatic heterocycles. The summed E-state index contributed by atoms with van der Waals surface area (Å²) in [6, 6.07) is 12.6. The maximum Gasteiger partial charge on any atom is 0.195 e. The highest BCUT2D eigenvalue weighted by molar-refractivity contribution is 6.29. The zero-order chi connectivity index (χ0) is 22.2. The summed E-state index contributed by atoms with van der Waals surface area (Å²) < 4.78 is 10.5. The second-order valence-electron chi connectivity index (χ2n) is 7.86. The van der Waals surface area contributed by atoms with E-state index in [1.165, 1.54) is 13.2 Å². The predicted octanol–water partition coefficient (Wildman–Crippen LogP) is 3.05. The van der Waals surface area contributed by atoms with Crippen molar-refractivity contribution in [3.8, 4) is 11.5 Å². The number of carbonyl (C=O) groups excluding carboxylic acids is 1. The van der Waals surface area contributed by atoms with E-state index in [0.717, 1.165) is 11.0 Å². The van der Waals surface area contributed by atoms with Crippen LogP contribution in [0.3, 0.4) is 0 Å². The topological polar surface area (TPSA) is 99.7 Å². The van der Waals surface area contributed by atoms with Gasteiger partial charge < -0.3 is 29.8 Å². The average Bonchev–Trinajstić information content (AvgIpc) is 3.24. The van der Waals surface area contributed by atoms with E-state index in [9.17, 15) is 9.90 Å². The van der Waals surface area contributed by atoms with Crippen LogP contribution in [0.1, 0.15) is 19.7 Å². The number of H-pyrrole nitrogens is 1. The van der Waals surface area contributed by atoms with E-state index in [2.05, 4.69) is 15.3 Å². The van der Waals surface area contributed by atoms with E-state index >= 15 is 0 Å². The smallest absolute Gasteiger partial charge is 0.195 e. The highest BCUT2D eigenvalue weighted by Crippen LogP contribution is 2.42. The number of aromatic hydroxyl groups is 1. The van der Waals surface area contributed by atoms with Crippen LogP contribution in [0, 0.1) is 0 Å². The number of methoxy groups -OCH3 is 2. The van der Waals surface area contributed by atoms with Gasteiger partial charge in [0.1, 0.15) is 34.3 Å². The van der Waals surface area contributed by atoms with Crippen molar-refractivity contribution in [2.45, 2.75) is 19.4 Å². The molecule has 8 heteroatoms. The number of phenolic OH excluding ortho intramolecular Hbond substituents is 1. The van der Waals surface area contributed by atoms with Crippen molar-refractivity contribution in [2.24, 2.45) is 0 Å². The Kier molecular flexibility index (Phi) is 5.32. The number of phenols is 1. The van der Waals surface area contributed by atoms with Gasteiger partial charge >= 0.3 is 0 Å². The van der Waals surface area contributed by atoms with Crippen molar-refractivity contribution in [1.29, 1.82) is 0 Å². The van der Waals surface area contributed by atoms with E-state index in [-0.39, 0.29) is 11.5 Å². The highest BCUT2D eigenvalue weighted by atomic mass is 16.5. The molecule has 0 radical (unpaired) electrons. The molecule has 4 rings (SSSR count). The first-order chi connectivity index (χ1) is 14.9. The third-order valence-corrected chi connectivity index (χ3v) is 5.40. The number of para-hydroxylation sites is 2. The molecule has 31 heavy (non-hydrogen) atoms. The van der Waals surface area contributed by atoms with Crippen LogP contribution < -0.4 is 15.0 Å². The first-order valence-electron chi connectivity index (χ1n) is 10.0. The fourth-order valence-corrected chi connectivity index (χ4v) is 3.90. The predicted molar refractivity (Wildman–Crippen MR) is 119 cm³/mol. The molecule has 1 aromatic heterocycles. The summed E-state index contributed by atoms with van der Waals surface area (Å²) in [6.45, 7) is 4.65. The lowest BCUT2D eigenvalue weighted by molar-refractivity contribution is -0.116. The zero-order valence-electron chi connectivity index (χ0n) is 18.0. The average molecular weight is 422 g/mol. The summed E-state index contributed by atoms with van der Waals surface area (Å²) >= 11 is 0. The van der Waals surface area contributed by atoms with Crippen molar-refractivity contribution in [2.75, 3.05) is 32.3 Å². The summed E-state index contributed by atoms with van der Waals surface area (Å²) in [4.78, 5) is 23.4. The van der Waals surface area contributed by atoms with Gasteiger partial charge in [0, 0.05) is 31.9 Å². The SMILES string of the molecule is COCCNC1=C(c2nc3ccccc3[nH]2)C(=O)C(C)(C)N1c1cc(O)cc(OC)c1. The number of benzene rings is 2. The number of fused-ring (bicyclic) bond motifs is 1. The van der Waals surface area contributed by atoms with Crippen molar-refractivity contribution in [1.82, 2.24) is 15.3 Å². The van der Waals surface area contributed by atoms with Crippen LogP contribution in [0.5, 0.6) is 11.5 Å². The van der Waals surface area contributed by atoms with E-state index in [0.29, 0.717) is 41.8 Å². The Morgan fingerprint density at radius 1 is 1.19 bits per heavy atom. The van der Waals surface area contributed by atoms with Gasteiger partial charge in [0.15, 0.2) is 5.78 Å². The Hall–Kier alpha value is -3.52. The van der Waals surface area contributed by atoms with Gasteiger partial charge in [0.05, 0.1) is 30.4 Å². The second kappa shape index (κ2) is 7.96. The van der Waals surface area contributed by atoms with Crippen LogP contribution in [0.15, 0.2) is 48.3 Å². The molecule has 0 saturated heterocycles. The molecular formula is C23H26N4O4. The van der Waals surface area contributed by atoms with E-state index in [4.69, 9.17) is 9.47 Å². The second-order valence-corrected chi connectivity index (χ2v) is 7.86. The van der Waals surface area contributed by atoms with Gasteiger partial charge in [-0.05, 0) is 26.0 Å². The number of carbonyl (C=O) groups is 1. The number of aromatic nitrogens is 2. The van der Waals surface area contributed by atoms with Gasteiger partial charge in [-0.15, -0.1) is 0 Å². The molecule has 2 heterocycles. The zero-order valence-corrected chi connectivity index (χ0v) is 18.0. The van der Waals surface area contributed by atoms with Crippen LogP contribution in [-0.4, -0.2) is 53.8 Å². The number of aromatic amines is 1. The minimum absolute atomic E-state index is 0.0472. The van der Waals surface area contributed by atoms with Gasteiger partial charge in [-0.25, -0.2) is 4.98 Å². The summed E-state index contributed by atoms with van der Waals surface area (Å²) in [5.74, 6) is 1.54. The van der Waals surface area contributed by atoms with Gasteiger partial charge in [-0.3, -0.25) is 4.79 Å². The van der Waals surface area contributed by atoms with Gasteiger partial charge in [-0.2, -0.15) is 0 Å². The number of imidazole rings is 1. The lowest BCUT2D eigenvalue weighted by atomic mass is 9.95. The fourth-order valence-electron chi connectivity index (χ4n) is 3.90. The van der Waals surface area contributed by atoms with Crippen molar-refractivity contribution < 1.29 is 19.4 Å². The Balaban J connectivity index is 1.91. The van der Waals surface area contributed by atoms with Crippen molar-refractivity contribution in [3.63, 3.8) is 0 Å². The number of Topliss-reactive ketones (excluding diaryl/α,β-unsaturated/α-hetero) is 1. The normalized spacial score (nSPS) is 15.7. The highest BCUT2D eigenvalue weighted by Gasteiger charge is 2.48. The lowest BCUT2D eigenvalue weighted by Crippen LogP contribution is -2.46. The molecule has 8 nitrogen and oxygen atoms in total. The maximum atomic E-state index is 13.6. The van der Waals surface area contributed by atoms with Crippen LogP contribution in [0.2, 0.25) is 0 Å². The molecule has 0 amide bonds. The molecule has 0 saturated carbocycles. The molecule has 0 unspecified atom stereocenters. The van der Waals surface area contributed by atoms with Crippen LogP contribution in [0.25, 0.3) is 16.6 Å². The molecule has 0 spiro atoms. The van der Waals surface area contributed by atoms with Gasteiger partial charge in [0.2, 0.25) is 0 Å². The Bertz CT molecular complexity index is 1130. The number of ether oxygens (including phenoxy) is 2. The third kappa shape index (κ3) is 3.59. The first-order valence-corrected chi connectivity index (χ1v) is 10.0. The van der Waals surface area contributed by atoms with Crippen LogP contribution in [-0.2, 0) is 9.53 Å². The fraction of sp³-hybridized carbons (Fsp3) is 0.304. The molecule has 162 valence electrons. The van der Waals surface area contributed by atoms with Crippen LogP contribution >= 0.6 is 0 Å². The van der Waals surface area contributed by atoms with Crippen molar-refractivity contribution >= 4 is 28.1 Å². The number of hydrogen-bond donors (Lipinski definition) is 3. The minimum Gasteiger partial charge on any atom is -0.508 e. The lowest BCUT2D eigenvalue weighted by Gasteiger charge is -2.35. The number of rotatable bonds is 7. The largest absolute Gasteiger partial charge is 0.508 e. The quantitative estimate of drug-likeness (QED) is 0.503. The van der Waals surface area contributed by atoms with Gasteiger partial charge in [-0.1, -0.05) is 12.1 Å². The maximum absolute atomic E-state index is 13.6. The Morgan fingerprint density at radius 3 is 2.68 bits per heavy atom. The summed E-state index contributed by atoms with van der Waals surface area (Å²) in [6.07, 6.45) is 0. The number of nitrogens with one attached hydrogen (secondary N) is 2. The molecule has 0 bridgehead atoms. The number of hydrogen-bond acceptors (Lipinski definition) is 7. The molecule has 1 aliphatic rings. The summed E-state index contributed by atoms with van der Waals surface area (Å²) in [7, 11) is 3.16. The molecular weight excluding hydrogens is 396 g/mol. The molecule has 0 atom stereocenters. The van der Waals surface area contributed by atoms with Crippen molar-refractivity contribution in [3.05, 3.63) is 54.1 Å². The monoisotopic (exact) mass is 422 g/mol. The standard InChI is InChI=1S/C23H26N4O4/c1-23(2)20(29)19(21-25-17-7-5-6-8-18(17)26-21)22(24-9-10-30-3)27(23)14-11-15(28)13-16(12-14)31-4/h5-8,11-13,24,28H,9-10H2,1-4H3,(H,25,26). The number of anilines is 1. The molecule has 0 fully saturated rings. The Labute approximate surface area is 180 Å². The van der Waals surface area contributed by atoms with Gasteiger partial charge in [0.25, 0.3) is 0 Å². The van der Waals surface area contributed by atoms with Crippen LogP contribution in [0.4, 0.5) is 5.69 Å². The third-order valence-electron chi connectivity index (χ3n) is 5.40. The number of ketones is 1. The van der Waals surface area contributed by atoms with E-state index in [1.807, 2.05) is 43.0 Å². The van der Waals surface area contributed by atoms with E-state index < -0.39 is 5.54 Å².